The molecule has 0 aliphatic carbocycles. The normalized spacial score (nSPS) is 10.3. The van der Waals surface area contributed by atoms with E-state index in [2.05, 4.69) is 221 Å². The Hall–Kier alpha value is -7.80. The Morgan fingerprint density at radius 2 is 0.807 bits per heavy atom. The number of thiophene rings is 2. The smallest absolute Gasteiger partial charge is 0.127 e. The maximum Gasteiger partial charge on any atom is 0.127 e. The van der Waals surface area contributed by atoms with Crippen LogP contribution in [0, 0.1) is 0 Å². The van der Waals surface area contributed by atoms with Crippen molar-refractivity contribution in [2.24, 2.45) is 0 Å². The molecule has 0 unspecified atom stereocenters. The van der Waals surface area contributed by atoms with Gasteiger partial charge in [-0.05, 0) is 176 Å². The number of aromatic nitrogens is 9. The van der Waals surface area contributed by atoms with Gasteiger partial charge in [-0.2, -0.15) is 5.10 Å². The molecular weight excluding hydrogens is 1120 g/mol. The lowest BCUT2D eigenvalue weighted by atomic mass is 9.99. The zero-order chi connectivity index (χ0) is 61.0. The van der Waals surface area contributed by atoms with Crippen LogP contribution < -0.4 is 0 Å². The maximum atomic E-state index is 4.63. The molecule has 0 aliphatic heterocycles. The van der Waals surface area contributed by atoms with Crippen LogP contribution in [0.1, 0.15) is 232 Å². The first-order valence-corrected chi connectivity index (χ1v) is 31.1. The number of hydrogen-bond donors (Lipinski definition) is 0. The van der Waals surface area contributed by atoms with E-state index in [1.807, 2.05) is 127 Å². The van der Waals surface area contributed by atoms with Crippen LogP contribution >= 0.6 is 22.7 Å². The number of benzene rings is 1. The van der Waals surface area contributed by atoms with Gasteiger partial charge in [-0.1, -0.05) is 170 Å². The summed E-state index contributed by atoms with van der Waals surface area (Å²) < 4.78 is 7.88. The summed E-state index contributed by atoms with van der Waals surface area (Å²) in [6.07, 6.45) is 24.0. The van der Waals surface area contributed by atoms with E-state index in [0.717, 1.165) is 21.4 Å². The van der Waals surface area contributed by atoms with E-state index in [-0.39, 0.29) is 29.7 Å². The molecule has 12 rings (SSSR count). The number of para-hydroxylation sites is 1. The van der Waals surface area contributed by atoms with Gasteiger partial charge >= 0.3 is 0 Å². The van der Waals surface area contributed by atoms with Crippen LogP contribution in [0.2, 0.25) is 0 Å². The standard InChI is InChI=1S/C12H13N.C10H12N2.2C10H11NS.3C8H11N.C6H9NO.4CH4/c1-9(2)10-7-8-13-12-6-4-3-5-11(10)12;1-8(2)9-7-11-12-6-4-3-5-10(9)12;1-7(2)8-3-5-11-9-4-6-12-10(8)9;1-7(2)8-3-5-11-10-9(8)4-6-12-10;3*1-7(2)8-3-5-9-6-4-8;1-5(2)6-3-7-8-4-6;;;;/h3-9H,1-2H3;3-8H,1-2H3;2*3-7H,1-2H3;3*3-7H,1-2H3;3-5H,1-2H3;4*1H4. The van der Waals surface area contributed by atoms with Gasteiger partial charge in [-0.25, -0.2) is 9.50 Å². The molecule has 10 nitrogen and oxygen atoms in total. The molecule has 1 aromatic carbocycles. The van der Waals surface area contributed by atoms with Crippen molar-refractivity contribution < 1.29 is 4.52 Å². The van der Waals surface area contributed by atoms with Crippen LogP contribution in [0.4, 0.5) is 0 Å². The third-order valence-electron chi connectivity index (χ3n) is 13.6. The maximum absolute atomic E-state index is 4.63. The molecule has 0 N–H and O–H groups in total. The number of fused-ring (bicyclic) bond motifs is 4. The van der Waals surface area contributed by atoms with E-state index in [1.54, 1.807) is 35.1 Å². The number of rotatable bonds is 8. The molecule has 12 aromatic rings. The van der Waals surface area contributed by atoms with Crippen LogP contribution in [0.25, 0.3) is 36.9 Å². The Labute approximate surface area is 538 Å². The zero-order valence-corrected chi connectivity index (χ0v) is 54.1. The monoisotopic (exact) mass is 1220 g/mol. The second-order valence-electron chi connectivity index (χ2n) is 22.7. The molecular formula is C76H105N9OS2. The van der Waals surface area contributed by atoms with Gasteiger partial charge in [-0.3, -0.25) is 24.9 Å². The van der Waals surface area contributed by atoms with Gasteiger partial charge < -0.3 is 4.52 Å². The van der Waals surface area contributed by atoms with Gasteiger partial charge in [0.25, 0.3) is 0 Å². The van der Waals surface area contributed by atoms with Gasteiger partial charge in [0, 0.05) is 83.9 Å². The van der Waals surface area contributed by atoms with Gasteiger partial charge in [0.05, 0.1) is 33.6 Å². The first-order valence-electron chi connectivity index (χ1n) is 29.4. The molecule has 0 atom stereocenters. The topological polar surface area (TPSA) is 121 Å². The summed E-state index contributed by atoms with van der Waals surface area (Å²) in [4.78, 5) is 25.9. The minimum absolute atomic E-state index is 0. The summed E-state index contributed by atoms with van der Waals surface area (Å²) in [6, 6.07) is 37.3. The number of hydrogen-bond acceptors (Lipinski definition) is 11. The van der Waals surface area contributed by atoms with E-state index in [9.17, 15) is 0 Å². The van der Waals surface area contributed by atoms with Crippen molar-refractivity contribution >= 4 is 59.5 Å². The Balaban J connectivity index is 0.000000502. The third kappa shape index (κ3) is 25.1. The van der Waals surface area contributed by atoms with E-state index in [4.69, 9.17) is 0 Å². The average molecular weight is 1220 g/mol. The molecule has 12 heteroatoms. The Bertz CT molecular complexity index is 3470. The summed E-state index contributed by atoms with van der Waals surface area (Å²) in [5.41, 5.74) is 14.2. The minimum atomic E-state index is 0. The van der Waals surface area contributed by atoms with Gasteiger partial charge in [0.1, 0.15) is 11.1 Å². The molecule has 0 saturated carbocycles. The van der Waals surface area contributed by atoms with Crippen molar-refractivity contribution in [2.75, 3.05) is 0 Å². The molecule has 11 heterocycles. The van der Waals surface area contributed by atoms with Crippen molar-refractivity contribution in [3.05, 3.63) is 245 Å². The van der Waals surface area contributed by atoms with Crippen LogP contribution in [-0.4, -0.2) is 44.7 Å². The van der Waals surface area contributed by atoms with Gasteiger partial charge in [-0.15, -0.1) is 22.7 Å². The molecule has 0 saturated heterocycles. The Kier molecular flexibility index (Phi) is 36.8. The lowest BCUT2D eigenvalue weighted by molar-refractivity contribution is 0.418. The molecule has 472 valence electrons. The highest BCUT2D eigenvalue weighted by Crippen LogP contribution is 2.29. The second-order valence-corrected chi connectivity index (χ2v) is 24.5. The van der Waals surface area contributed by atoms with Crippen molar-refractivity contribution in [2.45, 2.75) is 188 Å². The van der Waals surface area contributed by atoms with Crippen LogP contribution in [-0.2, 0) is 0 Å². The zero-order valence-electron chi connectivity index (χ0n) is 52.4. The van der Waals surface area contributed by atoms with Gasteiger partial charge in [0.15, 0.2) is 0 Å². The fraction of sp³-hybridized carbons (Fsp3) is 0.368. The molecule has 88 heavy (non-hydrogen) atoms. The molecule has 0 fully saturated rings. The first-order chi connectivity index (χ1) is 40.4. The van der Waals surface area contributed by atoms with Crippen LogP contribution in [0.15, 0.2) is 205 Å². The lowest BCUT2D eigenvalue weighted by Crippen LogP contribution is -1.90. The summed E-state index contributed by atoms with van der Waals surface area (Å²) in [7, 11) is 0. The Morgan fingerprint density at radius 1 is 0.364 bits per heavy atom. The summed E-state index contributed by atoms with van der Waals surface area (Å²) in [5.74, 6) is 4.67. The summed E-state index contributed by atoms with van der Waals surface area (Å²) in [5, 5.41) is 14.6. The largest absolute Gasteiger partial charge is 0.364 e. The van der Waals surface area contributed by atoms with E-state index < -0.39 is 0 Å². The molecule has 0 bridgehead atoms. The third-order valence-corrected chi connectivity index (χ3v) is 15.4. The van der Waals surface area contributed by atoms with E-state index in [0.29, 0.717) is 47.3 Å². The fourth-order valence-electron chi connectivity index (χ4n) is 8.51. The highest BCUT2D eigenvalue weighted by Gasteiger charge is 2.09. The SMILES string of the molecule is C.C.C.C.CC(C)c1ccnc2ccccc12.CC(C)c1ccnc2ccsc12.CC(C)c1ccnc2sccc12.CC(C)c1ccncc1.CC(C)c1ccncc1.CC(C)c1ccncc1.CC(C)c1cnn2ccccc12.CC(C)c1cnoc1. The van der Waals surface area contributed by atoms with E-state index >= 15 is 0 Å². The molecule has 0 aliphatic rings. The quantitative estimate of drug-likeness (QED) is 0.146. The fourth-order valence-corrected chi connectivity index (χ4v) is 10.3. The molecule has 0 radical (unpaired) electrons. The Morgan fingerprint density at radius 3 is 1.26 bits per heavy atom. The first kappa shape index (κ1) is 78.2. The predicted molar refractivity (Wildman–Crippen MR) is 385 cm³/mol. The van der Waals surface area contributed by atoms with Gasteiger partial charge in [0.2, 0.25) is 0 Å². The molecule has 11 aromatic heterocycles. The van der Waals surface area contributed by atoms with E-state index in [1.165, 1.54) is 59.9 Å². The van der Waals surface area contributed by atoms with Crippen LogP contribution in [0.3, 0.4) is 0 Å². The summed E-state index contributed by atoms with van der Waals surface area (Å²) >= 11 is 3.49. The lowest BCUT2D eigenvalue weighted by Gasteiger charge is -2.08. The van der Waals surface area contributed by atoms with Crippen molar-refractivity contribution in [3.8, 4) is 0 Å². The highest BCUT2D eigenvalue weighted by atomic mass is 32.1. The van der Waals surface area contributed by atoms with Crippen molar-refractivity contribution in [1.82, 2.24) is 44.7 Å². The molecule has 0 amide bonds. The molecule has 0 spiro atoms. The second kappa shape index (κ2) is 41.4. The summed E-state index contributed by atoms with van der Waals surface area (Å²) in [6.45, 7) is 34.9. The predicted octanol–water partition coefficient (Wildman–Crippen LogP) is 23.6. The average Bonchev–Trinajstić information content (AvgIpc) is 4.59. The minimum Gasteiger partial charge on any atom is -0.364 e. The van der Waals surface area contributed by atoms with Crippen molar-refractivity contribution in [1.29, 1.82) is 0 Å². The highest BCUT2D eigenvalue weighted by molar-refractivity contribution is 7.17. The number of nitrogens with zero attached hydrogens (tertiary/aromatic N) is 9. The number of pyridine rings is 7. The van der Waals surface area contributed by atoms with Crippen molar-refractivity contribution in [3.63, 3.8) is 0 Å². The van der Waals surface area contributed by atoms with Crippen LogP contribution in [0.5, 0.6) is 0 Å².